The van der Waals surface area contributed by atoms with Crippen molar-refractivity contribution in [2.24, 2.45) is 5.84 Å². The van der Waals surface area contributed by atoms with Gasteiger partial charge in [-0.2, -0.15) is 0 Å². The Hall–Kier alpha value is -0.650. The fourth-order valence-corrected chi connectivity index (χ4v) is 1.02. The molecule has 0 aliphatic carbocycles. The van der Waals surface area contributed by atoms with Gasteiger partial charge in [0.05, 0.1) is 6.54 Å². The van der Waals surface area contributed by atoms with Gasteiger partial charge in [-0.05, 0) is 20.3 Å². The topological polar surface area (TPSA) is 78.6 Å². The van der Waals surface area contributed by atoms with Crippen molar-refractivity contribution in [1.82, 2.24) is 10.3 Å². The minimum atomic E-state index is -0.202. The van der Waals surface area contributed by atoms with E-state index in [4.69, 9.17) is 10.9 Å². The summed E-state index contributed by atoms with van der Waals surface area (Å²) in [6, 6.07) is 0.281. The Morgan fingerprint density at radius 3 is 2.62 bits per heavy atom. The molecule has 0 aromatic rings. The number of carbonyl (C=O) groups is 1. The summed E-state index contributed by atoms with van der Waals surface area (Å²) >= 11 is 0. The van der Waals surface area contributed by atoms with Crippen LogP contribution in [0.2, 0.25) is 0 Å². The van der Waals surface area contributed by atoms with Crippen molar-refractivity contribution in [3.63, 3.8) is 0 Å². The minimum absolute atomic E-state index is 0.146. The van der Waals surface area contributed by atoms with Crippen LogP contribution in [0.3, 0.4) is 0 Å². The highest BCUT2D eigenvalue weighted by molar-refractivity contribution is 5.77. The van der Waals surface area contributed by atoms with Crippen molar-refractivity contribution in [3.05, 3.63) is 0 Å². The van der Waals surface area contributed by atoms with Gasteiger partial charge in [-0.3, -0.25) is 15.1 Å². The number of rotatable bonds is 6. The normalized spacial score (nSPS) is 10.9. The number of hydrogen-bond acceptors (Lipinski definition) is 4. The van der Waals surface area contributed by atoms with Crippen LogP contribution in [0.15, 0.2) is 0 Å². The fourth-order valence-electron chi connectivity index (χ4n) is 1.02. The lowest BCUT2D eigenvalue weighted by Gasteiger charge is -2.24. The third kappa shape index (κ3) is 5.57. The van der Waals surface area contributed by atoms with Gasteiger partial charge in [0.25, 0.3) is 0 Å². The van der Waals surface area contributed by atoms with Gasteiger partial charge in [-0.25, -0.2) is 5.84 Å². The van der Waals surface area contributed by atoms with Gasteiger partial charge < -0.3 is 5.11 Å². The Morgan fingerprint density at radius 2 is 2.23 bits per heavy atom. The maximum Gasteiger partial charge on any atom is 0.248 e. The van der Waals surface area contributed by atoms with Crippen LogP contribution in [-0.2, 0) is 4.79 Å². The van der Waals surface area contributed by atoms with Crippen LogP contribution in [0.1, 0.15) is 20.3 Å². The van der Waals surface area contributed by atoms with E-state index in [0.717, 1.165) is 0 Å². The molecule has 0 aromatic carbocycles. The lowest BCUT2D eigenvalue weighted by Crippen LogP contribution is -2.43. The molecule has 4 N–H and O–H groups in total. The lowest BCUT2D eigenvalue weighted by molar-refractivity contribution is -0.122. The Labute approximate surface area is 78.9 Å². The molecule has 13 heavy (non-hydrogen) atoms. The van der Waals surface area contributed by atoms with Gasteiger partial charge in [0.15, 0.2) is 0 Å². The van der Waals surface area contributed by atoms with Crippen molar-refractivity contribution < 1.29 is 9.90 Å². The number of aliphatic hydroxyl groups excluding tert-OH is 1. The van der Waals surface area contributed by atoms with Crippen LogP contribution in [0.25, 0.3) is 0 Å². The van der Waals surface area contributed by atoms with E-state index in [1.807, 2.05) is 18.7 Å². The smallest absolute Gasteiger partial charge is 0.248 e. The van der Waals surface area contributed by atoms with Crippen LogP contribution < -0.4 is 11.3 Å². The number of hydrazine groups is 1. The molecule has 5 heteroatoms. The Bertz CT molecular complexity index is 150. The largest absolute Gasteiger partial charge is 0.396 e. The van der Waals surface area contributed by atoms with E-state index >= 15 is 0 Å². The molecule has 0 unspecified atom stereocenters. The summed E-state index contributed by atoms with van der Waals surface area (Å²) in [5.41, 5.74) is 2.08. The molecule has 0 fully saturated rings. The Balaban J connectivity index is 3.87. The average molecular weight is 189 g/mol. The van der Waals surface area contributed by atoms with Crippen molar-refractivity contribution in [1.29, 1.82) is 0 Å². The summed E-state index contributed by atoms with van der Waals surface area (Å²) in [5.74, 6) is 4.77. The zero-order chi connectivity index (χ0) is 10.3. The summed E-state index contributed by atoms with van der Waals surface area (Å²) in [4.78, 5) is 12.9. The van der Waals surface area contributed by atoms with E-state index in [0.29, 0.717) is 13.0 Å². The zero-order valence-electron chi connectivity index (χ0n) is 8.29. The molecule has 1 amide bonds. The van der Waals surface area contributed by atoms with Crippen molar-refractivity contribution >= 4 is 5.91 Å². The quantitative estimate of drug-likeness (QED) is 0.286. The zero-order valence-corrected chi connectivity index (χ0v) is 8.29. The lowest BCUT2D eigenvalue weighted by atomic mass is 10.3. The van der Waals surface area contributed by atoms with E-state index in [1.54, 1.807) is 0 Å². The van der Waals surface area contributed by atoms with Crippen LogP contribution in [0.5, 0.6) is 0 Å². The molecule has 0 aliphatic rings. The van der Waals surface area contributed by atoms with Gasteiger partial charge in [-0.1, -0.05) is 0 Å². The third-order valence-electron chi connectivity index (χ3n) is 1.84. The van der Waals surface area contributed by atoms with E-state index in [9.17, 15) is 4.79 Å². The SMILES string of the molecule is CC(C)N(CCCO)CC(=O)NN. The van der Waals surface area contributed by atoms with Crippen LogP contribution in [0.4, 0.5) is 0 Å². The molecule has 0 heterocycles. The van der Waals surface area contributed by atoms with E-state index in [1.165, 1.54) is 0 Å². The molecule has 0 atom stereocenters. The first-order chi connectivity index (χ1) is 6.11. The van der Waals surface area contributed by atoms with Gasteiger partial charge in [0.1, 0.15) is 0 Å². The van der Waals surface area contributed by atoms with E-state index in [-0.39, 0.29) is 25.1 Å². The number of nitrogens with two attached hydrogens (primary N) is 1. The highest BCUT2D eigenvalue weighted by Crippen LogP contribution is 1.98. The van der Waals surface area contributed by atoms with Crippen LogP contribution in [0, 0.1) is 0 Å². The molecule has 78 valence electrons. The predicted molar refractivity (Wildman–Crippen MR) is 50.7 cm³/mol. The monoisotopic (exact) mass is 189 g/mol. The molecule has 0 rings (SSSR count). The number of nitrogens with zero attached hydrogens (tertiary/aromatic N) is 1. The maximum atomic E-state index is 10.9. The number of hydrogen-bond donors (Lipinski definition) is 3. The first-order valence-electron chi connectivity index (χ1n) is 4.46. The number of aliphatic hydroxyl groups is 1. The maximum absolute atomic E-state index is 10.9. The molecule has 0 spiro atoms. The molecule has 0 saturated carbocycles. The number of amides is 1. The summed E-state index contributed by atoms with van der Waals surface area (Å²) in [6.45, 7) is 5.14. The highest BCUT2D eigenvalue weighted by atomic mass is 16.3. The highest BCUT2D eigenvalue weighted by Gasteiger charge is 2.12. The first kappa shape index (κ1) is 12.3. The second kappa shape index (κ2) is 6.82. The Morgan fingerprint density at radius 1 is 1.62 bits per heavy atom. The van der Waals surface area contributed by atoms with Gasteiger partial charge in [0, 0.05) is 19.2 Å². The van der Waals surface area contributed by atoms with E-state index in [2.05, 4.69) is 5.43 Å². The second-order valence-corrected chi connectivity index (χ2v) is 3.21. The summed E-state index contributed by atoms with van der Waals surface area (Å²) < 4.78 is 0. The van der Waals surface area contributed by atoms with Crippen molar-refractivity contribution in [3.8, 4) is 0 Å². The molecule has 0 bridgehead atoms. The molecule has 0 aliphatic heterocycles. The van der Waals surface area contributed by atoms with Crippen LogP contribution in [-0.4, -0.2) is 41.7 Å². The average Bonchev–Trinajstić information content (AvgIpc) is 2.11. The summed E-state index contributed by atoms with van der Waals surface area (Å²) in [5, 5.41) is 8.64. The fraction of sp³-hybridized carbons (Fsp3) is 0.875. The molecular formula is C8H19N3O2. The molecule has 5 nitrogen and oxygen atoms in total. The second-order valence-electron chi connectivity index (χ2n) is 3.21. The molecular weight excluding hydrogens is 170 g/mol. The summed E-state index contributed by atoms with van der Waals surface area (Å²) in [7, 11) is 0. The van der Waals surface area contributed by atoms with Gasteiger partial charge in [0.2, 0.25) is 5.91 Å². The van der Waals surface area contributed by atoms with Gasteiger partial charge >= 0.3 is 0 Å². The third-order valence-corrected chi connectivity index (χ3v) is 1.84. The number of nitrogens with one attached hydrogen (secondary N) is 1. The summed E-state index contributed by atoms with van der Waals surface area (Å²) in [6.07, 6.45) is 0.677. The Kier molecular flexibility index (Phi) is 6.48. The first-order valence-corrected chi connectivity index (χ1v) is 4.46. The predicted octanol–water partition coefficient (Wildman–Crippen LogP) is -0.931. The minimum Gasteiger partial charge on any atom is -0.396 e. The van der Waals surface area contributed by atoms with Crippen molar-refractivity contribution in [2.45, 2.75) is 26.3 Å². The molecule has 0 saturated heterocycles. The van der Waals surface area contributed by atoms with Crippen LogP contribution >= 0.6 is 0 Å². The molecule has 0 radical (unpaired) electrons. The standard InChI is InChI=1S/C8H19N3O2/c1-7(2)11(4-3-5-12)6-8(13)10-9/h7,12H,3-6,9H2,1-2H3,(H,10,13). The van der Waals surface area contributed by atoms with E-state index < -0.39 is 0 Å². The van der Waals surface area contributed by atoms with Crippen molar-refractivity contribution in [2.75, 3.05) is 19.7 Å². The molecule has 0 aromatic heterocycles. The number of carbonyl (C=O) groups excluding carboxylic acids is 1. The van der Waals surface area contributed by atoms with Gasteiger partial charge in [-0.15, -0.1) is 0 Å².